The predicted octanol–water partition coefficient (Wildman–Crippen LogP) is 1.67. The first-order chi connectivity index (χ1) is 11.6. The number of carbonyl (C=O) groups excluding carboxylic acids is 2. The van der Waals surface area contributed by atoms with E-state index in [0.717, 1.165) is 24.3 Å². The SMILES string of the molecule is COC(=O)N1CCCC(C(=O)NCCOc2ccc(OC)cc2)C1. The van der Waals surface area contributed by atoms with Gasteiger partial charge in [0.1, 0.15) is 18.1 Å². The second-order valence-corrected chi connectivity index (χ2v) is 5.57. The molecular formula is C17H24N2O5. The molecule has 0 radical (unpaired) electrons. The fourth-order valence-electron chi connectivity index (χ4n) is 2.65. The van der Waals surface area contributed by atoms with Gasteiger partial charge in [-0.2, -0.15) is 0 Å². The molecule has 1 aliphatic rings. The number of amides is 2. The Kier molecular flexibility index (Phi) is 6.72. The van der Waals surface area contributed by atoms with E-state index in [9.17, 15) is 9.59 Å². The lowest BCUT2D eigenvalue weighted by Gasteiger charge is -2.30. The minimum atomic E-state index is -0.379. The van der Waals surface area contributed by atoms with Crippen molar-refractivity contribution in [3.05, 3.63) is 24.3 Å². The van der Waals surface area contributed by atoms with Gasteiger partial charge in [0.25, 0.3) is 0 Å². The maximum Gasteiger partial charge on any atom is 0.409 e. The van der Waals surface area contributed by atoms with Crippen molar-refractivity contribution in [3.63, 3.8) is 0 Å². The molecule has 24 heavy (non-hydrogen) atoms. The summed E-state index contributed by atoms with van der Waals surface area (Å²) in [5.74, 6) is 1.24. The normalized spacial score (nSPS) is 17.1. The van der Waals surface area contributed by atoms with E-state index in [2.05, 4.69) is 5.32 Å². The average Bonchev–Trinajstić information content (AvgIpc) is 2.65. The summed E-state index contributed by atoms with van der Waals surface area (Å²) in [6.07, 6.45) is 1.20. The quantitative estimate of drug-likeness (QED) is 0.800. The molecule has 1 atom stereocenters. The summed E-state index contributed by atoms with van der Waals surface area (Å²) >= 11 is 0. The Hall–Kier alpha value is -2.44. The van der Waals surface area contributed by atoms with Crippen LogP contribution in [-0.2, 0) is 9.53 Å². The van der Waals surface area contributed by atoms with Gasteiger partial charge in [0.15, 0.2) is 0 Å². The fraction of sp³-hybridized carbons (Fsp3) is 0.529. The topological polar surface area (TPSA) is 77.1 Å². The van der Waals surface area contributed by atoms with E-state index in [4.69, 9.17) is 14.2 Å². The first-order valence-corrected chi connectivity index (χ1v) is 8.01. The minimum absolute atomic E-state index is 0.0538. The molecular weight excluding hydrogens is 312 g/mol. The number of carbonyl (C=O) groups is 2. The van der Waals surface area contributed by atoms with Gasteiger partial charge >= 0.3 is 6.09 Å². The Morgan fingerprint density at radius 2 is 1.92 bits per heavy atom. The van der Waals surface area contributed by atoms with Crippen LogP contribution in [0.2, 0.25) is 0 Å². The van der Waals surface area contributed by atoms with Crippen LogP contribution in [0.15, 0.2) is 24.3 Å². The highest BCUT2D eigenvalue weighted by Gasteiger charge is 2.28. The highest BCUT2D eigenvalue weighted by Crippen LogP contribution is 2.18. The molecule has 2 rings (SSSR count). The van der Waals surface area contributed by atoms with Crippen molar-refractivity contribution >= 4 is 12.0 Å². The first kappa shape index (κ1) is 17.9. The maximum atomic E-state index is 12.2. The first-order valence-electron chi connectivity index (χ1n) is 8.01. The molecule has 2 amide bonds. The van der Waals surface area contributed by atoms with E-state index in [0.29, 0.717) is 26.2 Å². The third kappa shape index (κ3) is 5.04. The van der Waals surface area contributed by atoms with E-state index in [1.807, 2.05) is 24.3 Å². The molecule has 1 aromatic rings. The number of ether oxygens (including phenoxy) is 3. The van der Waals surface area contributed by atoms with Crippen LogP contribution in [0.1, 0.15) is 12.8 Å². The number of hydrogen-bond donors (Lipinski definition) is 1. The number of hydrogen-bond acceptors (Lipinski definition) is 5. The van der Waals surface area contributed by atoms with Crippen molar-refractivity contribution in [2.24, 2.45) is 5.92 Å². The van der Waals surface area contributed by atoms with Crippen molar-refractivity contribution in [2.45, 2.75) is 12.8 Å². The average molecular weight is 336 g/mol. The number of likely N-dealkylation sites (tertiary alicyclic amines) is 1. The van der Waals surface area contributed by atoms with E-state index in [1.165, 1.54) is 7.11 Å². The molecule has 0 aromatic heterocycles. The molecule has 1 N–H and O–H groups in total. The van der Waals surface area contributed by atoms with Crippen LogP contribution < -0.4 is 14.8 Å². The number of benzene rings is 1. The molecule has 7 nitrogen and oxygen atoms in total. The monoisotopic (exact) mass is 336 g/mol. The van der Waals surface area contributed by atoms with Gasteiger partial charge in [0, 0.05) is 13.1 Å². The van der Waals surface area contributed by atoms with Crippen LogP contribution in [0.3, 0.4) is 0 Å². The molecule has 1 aliphatic heterocycles. The van der Waals surface area contributed by atoms with Crippen molar-refractivity contribution in [1.29, 1.82) is 0 Å². The number of piperidine rings is 1. The zero-order valence-electron chi connectivity index (χ0n) is 14.1. The van der Waals surface area contributed by atoms with E-state index >= 15 is 0 Å². The molecule has 0 bridgehead atoms. The lowest BCUT2D eigenvalue weighted by Crippen LogP contribution is -2.46. The van der Waals surface area contributed by atoms with Crippen LogP contribution in [0.4, 0.5) is 4.79 Å². The standard InChI is InChI=1S/C17H24N2O5/c1-22-14-5-7-15(8-6-14)24-11-9-18-16(20)13-4-3-10-19(12-13)17(21)23-2/h5-8,13H,3-4,9-12H2,1-2H3,(H,18,20). The Morgan fingerprint density at radius 3 is 2.58 bits per heavy atom. The van der Waals surface area contributed by atoms with Crippen LogP contribution in [-0.4, -0.2) is 57.4 Å². The molecule has 132 valence electrons. The molecule has 0 aliphatic carbocycles. The van der Waals surface area contributed by atoms with Crippen LogP contribution in [0.25, 0.3) is 0 Å². The molecule has 1 unspecified atom stereocenters. The molecule has 0 saturated carbocycles. The highest BCUT2D eigenvalue weighted by molar-refractivity contribution is 5.79. The summed E-state index contributed by atoms with van der Waals surface area (Å²) in [6, 6.07) is 7.26. The van der Waals surface area contributed by atoms with Gasteiger partial charge in [-0.3, -0.25) is 4.79 Å². The Labute approximate surface area is 141 Å². The maximum absolute atomic E-state index is 12.2. The van der Waals surface area contributed by atoms with Gasteiger partial charge in [-0.05, 0) is 37.1 Å². The van der Waals surface area contributed by atoms with Gasteiger partial charge in [-0.25, -0.2) is 4.79 Å². The Morgan fingerprint density at radius 1 is 1.21 bits per heavy atom. The number of nitrogens with zero attached hydrogens (tertiary/aromatic N) is 1. The summed E-state index contributed by atoms with van der Waals surface area (Å²) < 4.78 is 15.4. The summed E-state index contributed by atoms with van der Waals surface area (Å²) in [6.45, 7) is 1.83. The molecule has 7 heteroatoms. The van der Waals surface area contributed by atoms with Gasteiger partial charge in [0.05, 0.1) is 26.7 Å². The lowest BCUT2D eigenvalue weighted by molar-refractivity contribution is -0.126. The molecule has 1 saturated heterocycles. The van der Waals surface area contributed by atoms with Gasteiger partial charge in [-0.1, -0.05) is 0 Å². The van der Waals surface area contributed by atoms with Crippen LogP contribution >= 0.6 is 0 Å². The van der Waals surface area contributed by atoms with E-state index in [-0.39, 0.29) is 17.9 Å². The zero-order valence-corrected chi connectivity index (χ0v) is 14.1. The molecule has 1 aromatic carbocycles. The van der Waals surface area contributed by atoms with Crippen LogP contribution in [0, 0.1) is 5.92 Å². The van der Waals surface area contributed by atoms with Crippen LogP contribution in [0.5, 0.6) is 11.5 Å². The predicted molar refractivity (Wildman–Crippen MR) is 88.2 cm³/mol. The highest BCUT2D eigenvalue weighted by atomic mass is 16.5. The van der Waals surface area contributed by atoms with Gasteiger partial charge < -0.3 is 24.4 Å². The number of rotatable bonds is 6. The summed E-state index contributed by atoms with van der Waals surface area (Å²) in [5, 5.41) is 2.86. The summed E-state index contributed by atoms with van der Waals surface area (Å²) in [5.41, 5.74) is 0. The lowest BCUT2D eigenvalue weighted by atomic mass is 9.97. The molecule has 1 fully saturated rings. The van der Waals surface area contributed by atoms with Gasteiger partial charge in [0.2, 0.25) is 5.91 Å². The minimum Gasteiger partial charge on any atom is -0.497 e. The molecule has 1 heterocycles. The largest absolute Gasteiger partial charge is 0.497 e. The van der Waals surface area contributed by atoms with Crippen molar-refractivity contribution in [1.82, 2.24) is 10.2 Å². The zero-order chi connectivity index (χ0) is 17.4. The summed E-state index contributed by atoms with van der Waals surface area (Å²) in [7, 11) is 2.96. The van der Waals surface area contributed by atoms with Crippen molar-refractivity contribution in [3.8, 4) is 11.5 Å². The van der Waals surface area contributed by atoms with E-state index < -0.39 is 0 Å². The van der Waals surface area contributed by atoms with Gasteiger partial charge in [-0.15, -0.1) is 0 Å². The Balaban J connectivity index is 1.69. The third-order valence-corrected chi connectivity index (χ3v) is 3.95. The van der Waals surface area contributed by atoms with E-state index in [1.54, 1.807) is 12.0 Å². The number of nitrogens with one attached hydrogen (secondary N) is 1. The van der Waals surface area contributed by atoms with Crippen molar-refractivity contribution < 1.29 is 23.8 Å². The Bertz CT molecular complexity index is 546. The summed E-state index contributed by atoms with van der Waals surface area (Å²) in [4.78, 5) is 25.3. The second-order valence-electron chi connectivity index (χ2n) is 5.57. The fourth-order valence-corrected chi connectivity index (χ4v) is 2.65. The van der Waals surface area contributed by atoms with Crippen molar-refractivity contribution in [2.75, 3.05) is 40.5 Å². The molecule has 0 spiro atoms. The number of methoxy groups -OCH3 is 2. The smallest absolute Gasteiger partial charge is 0.409 e. The third-order valence-electron chi connectivity index (χ3n) is 3.95. The second kappa shape index (κ2) is 9.00.